The van der Waals surface area contributed by atoms with Crippen LogP contribution < -0.4 is 10.7 Å². The molecule has 0 fully saturated rings. The number of benzene rings is 3. The van der Waals surface area contributed by atoms with Crippen LogP contribution in [0.5, 0.6) is 0 Å². The Labute approximate surface area is 197 Å². The second-order valence-electron chi connectivity index (χ2n) is 7.77. The molecule has 0 aliphatic carbocycles. The highest BCUT2D eigenvalue weighted by molar-refractivity contribution is 9.10. The number of nitrogens with zero attached hydrogens (tertiary/aromatic N) is 1. The highest BCUT2D eigenvalue weighted by Crippen LogP contribution is 2.25. The SMILES string of the molecule is CC(C)[C@H](NC(=O)C(c1ccccc1)c1ccccc1)C(=O)N/N=C\c1cccc(Br)c1. The molecule has 32 heavy (non-hydrogen) atoms. The van der Waals surface area contributed by atoms with Gasteiger partial charge in [0.05, 0.1) is 12.1 Å². The molecule has 0 aliphatic heterocycles. The second-order valence-corrected chi connectivity index (χ2v) is 8.69. The van der Waals surface area contributed by atoms with Crippen molar-refractivity contribution in [2.45, 2.75) is 25.8 Å². The highest BCUT2D eigenvalue weighted by atomic mass is 79.9. The van der Waals surface area contributed by atoms with Crippen molar-refractivity contribution in [3.8, 4) is 0 Å². The first-order valence-corrected chi connectivity index (χ1v) is 11.2. The molecule has 0 saturated carbocycles. The molecule has 0 heterocycles. The summed E-state index contributed by atoms with van der Waals surface area (Å²) in [7, 11) is 0. The van der Waals surface area contributed by atoms with Crippen LogP contribution in [-0.4, -0.2) is 24.1 Å². The van der Waals surface area contributed by atoms with E-state index < -0.39 is 12.0 Å². The van der Waals surface area contributed by atoms with Crippen molar-refractivity contribution in [3.63, 3.8) is 0 Å². The molecule has 0 saturated heterocycles. The standard InChI is InChI=1S/C26H26BrN3O2/c1-18(2)24(26(32)30-28-17-19-10-9-15-22(27)16-19)29-25(31)23(20-11-5-3-6-12-20)21-13-7-4-8-14-21/h3-18,23-24H,1-2H3,(H,29,31)(H,30,32)/b28-17-/t24-/m0/s1. The summed E-state index contributed by atoms with van der Waals surface area (Å²) in [5, 5.41) is 7.00. The minimum atomic E-state index is -0.725. The van der Waals surface area contributed by atoms with E-state index in [1.807, 2.05) is 98.8 Å². The van der Waals surface area contributed by atoms with E-state index in [0.717, 1.165) is 21.2 Å². The lowest BCUT2D eigenvalue weighted by molar-refractivity contribution is -0.130. The Morgan fingerprint density at radius 1 is 0.844 bits per heavy atom. The molecule has 2 amide bonds. The van der Waals surface area contributed by atoms with Gasteiger partial charge in [-0.1, -0.05) is 103 Å². The predicted molar refractivity (Wildman–Crippen MR) is 131 cm³/mol. The van der Waals surface area contributed by atoms with Gasteiger partial charge in [0.25, 0.3) is 5.91 Å². The zero-order valence-corrected chi connectivity index (χ0v) is 19.6. The Balaban J connectivity index is 1.75. The van der Waals surface area contributed by atoms with Crippen molar-refractivity contribution in [2.75, 3.05) is 0 Å². The molecule has 0 unspecified atom stereocenters. The zero-order chi connectivity index (χ0) is 22.9. The first kappa shape index (κ1) is 23.4. The maximum Gasteiger partial charge on any atom is 0.262 e. The Kier molecular flexibility index (Phi) is 8.34. The van der Waals surface area contributed by atoms with Crippen molar-refractivity contribution in [3.05, 3.63) is 106 Å². The fourth-order valence-electron chi connectivity index (χ4n) is 3.38. The molecule has 3 aromatic carbocycles. The molecular weight excluding hydrogens is 466 g/mol. The number of nitrogens with one attached hydrogen (secondary N) is 2. The summed E-state index contributed by atoms with van der Waals surface area (Å²) in [5.74, 6) is -1.23. The van der Waals surface area contributed by atoms with Crippen LogP contribution in [0, 0.1) is 5.92 Å². The van der Waals surface area contributed by atoms with Gasteiger partial charge in [-0.15, -0.1) is 0 Å². The number of halogens is 1. The van der Waals surface area contributed by atoms with Gasteiger partial charge in [-0.3, -0.25) is 9.59 Å². The van der Waals surface area contributed by atoms with Crippen LogP contribution in [0.1, 0.15) is 36.5 Å². The van der Waals surface area contributed by atoms with Gasteiger partial charge in [0.1, 0.15) is 6.04 Å². The Morgan fingerprint density at radius 3 is 1.97 bits per heavy atom. The highest BCUT2D eigenvalue weighted by Gasteiger charge is 2.29. The second kappa shape index (κ2) is 11.4. The molecule has 0 radical (unpaired) electrons. The fraction of sp³-hybridized carbons (Fsp3) is 0.192. The summed E-state index contributed by atoms with van der Waals surface area (Å²) in [5.41, 5.74) is 5.14. The molecule has 1 atom stereocenters. The lowest BCUT2D eigenvalue weighted by atomic mass is 9.89. The summed E-state index contributed by atoms with van der Waals surface area (Å²) >= 11 is 3.41. The van der Waals surface area contributed by atoms with Crippen molar-refractivity contribution >= 4 is 34.0 Å². The van der Waals surface area contributed by atoms with Crippen LogP contribution in [0.4, 0.5) is 0 Å². The van der Waals surface area contributed by atoms with Crippen LogP contribution in [-0.2, 0) is 9.59 Å². The third-order valence-corrected chi connectivity index (χ3v) is 5.51. The van der Waals surface area contributed by atoms with E-state index in [2.05, 4.69) is 31.8 Å². The van der Waals surface area contributed by atoms with Crippen LogP contribution in [0.25, 0.3) is 0 Å². The maximum atomic E-state index is 13.4. The van der Waals surface area contributed by atoms with Crippen LogP contribution in [0.2, 0.25) is 0 Å². The topological polar surface area (TPSA) is 70.6 Å². The predicted octanol–water partition coefficient (Wildman–Crippen LogP) is 4.87. The van der Waals surface area contributed by atoms with Gasteiger partial charge in [-0.25, -0.2) is 5.43 Å². The van der Waals surface area contributed by atoms with E-state index in [-0.39, 0.29) is 17.7 Å². The van der Waals surface area contributed by atoms with Crippen molar-refractivity contribution in [1.29, 1.82) is 0 Å². The number of hydrogen-bond acceptors (Lipinski definition) is 3. The van der Waals surface area contributed by atoms with Crippen molar-refractivity contribution in [1.82, 2.24) is 10.7 Å². The molecule has 3 rings (SSSR count). The lowest BCUT2D eigenvalue weighted by Gasteiger charge is -2.24. The van der Waals surface area contributed by atoms with E-state index in [1.54, 1.807) is 6.21 Å². The molecular formula is C26H26BrN3O2. The smallest absolute Gasteiger partial charge is 0.262 e. The molecule has 0 spiro atoms. The first-order valence-electron chi connectivity index (χ1n) is 10.4. The fourth-order valence-corrected chi connectivity index (χ4v) is 3.80. The third-order valence-electron chi connectivity index (χ3n) is 5.01. The largest absolute Gasteiger partial charge is 0.343 e. The Morgan fingerprint density at radius 2 is 1.44 bits per heavy atom. The van der Waals surface area contributed by atoms with Crippen molar-refractivity contribution in [2.24, 2.45) is 11.0 Å². The van der Waals surface area contributed by atoms with Crippen LogP contribution in [0.15, 0.2) is 94.5 Å². The third kappa shape index (κ3) is 6.37. The minimum Gasteiger partial charge on any atom is -0.343 e. The quantitative estimate of drug-likeness (QED) is 0.348. The summed E-state index contributed by atoms with van der Waals surface area (Å²) in [6.45, 7) is 3.78. The molecule has 0 aliphatic rings. The summed E-state index contributed by atoms with van der Waals surface area (Å²) in [4.78, 5) is 26.2. The van der Waals surface area contributed by atoms with Crippen molar-refractivity contribution < 1.29 is 9.59 Å². The lowest BCUT2D eigenvalue weighted by Crippen LogP contribution is -2.50. The maximum absolute atomic E-state index is 13.4. The number of carbonyl (C=O) groups excluding carboxylic acids is 2. The van der Waals surface area contributed by atoms with Gasteiger partial charge in [0.2, 0.25) is 5.91 Å². The van der Waals surface area contributed by atoms with Crippen LogP contribution >= 0.6 is 15.9 Å². The van der Waals surface area contributed by atoms with E-state index in [0.29, 0.717) is 0 Å². The molecule has 6 heteroatoms. The average molecular weight is 492 g/mol. The summed E-state index contributed by atoms with van der Waals surface area (Å²) in [6.07, 6.45) is 1.57. The van der Waals surface area contributed by atoms with E-state index >= 15 is 0 Å². The van der Waals surface area contributed by atoms with Gasteiger partial charge in [0, 0.05) is 4.47 Å². The number of carbonyl (C=O) groups is 2. The normalized spacial score (nSPS) is 12.2. The van der Waals surface area contributed by atoms with Gasteiger partial charge in [-0.05, 0) is 34.7 Å². The van der Waals surface area contributed by atoms with Crippen LogP contribution in [0.3, 0.4) is 0 Å². The van der Waals surface area contributed by atoms with Gasteiger partial charge in [0.15, 0.2) is 0 Å². The summed E-state index contributed by atoms with van der Waals surface area (Å²) in [6, 6.07) is 26.0. The summed E-state index contributed by atoms with van der Waals surface area (Å²) < 4.78 is 0.924. The molecule has 2 N–H and O–H groups in total. The van der Waals surface area contributed by atoms with E-state index in [1.165, 1.54) is 0 Å². The van der Waals surface area contributed by atoms with Gasteiger partial charge < -0.3 is 5.32 Å². The molecule has 5 nitrogen and oxygen atoms in total. The van der Waals surface area contributed by atoms with E-state index in [4.69, 9.17) is 0 Å². The first-order chi connectivity index (χ1) is 15.5. The average Bonchev–Trinajstić information content (AvgIpc) is 2.79. The molecule has 164 valence electrons. The molecule has 0 aromatic heterocycles. The van der Waals surface area contributed by atoms with E-state index in [9.17, 15) is 9.59 Å². The monoisotopic (exact) mass is 491 g/mol. The Bertz CT molecular complexity index is 1030. The number of hydrazone groups is 1. The minimum absolute atomic E-state index is 0.118. The number of amides is 2. The number of rotatable bonds is 8. The Hall–Kier alpha value is -3.25. The van der Waals surface area contributed by atoms with Gasteiger partial charge >= 0.3 is 0 Å². The number of hydrogen-bond donors (Lipinski definition) is 2. The zero-order valence-electron chi connectivity index (χ0n) is 18.0. The molecule has 0 bridgehead atoms. The molecule has 3 aromatic rings. The van der Waals surface area contributed by atoms with Gasteiger partial charge in [-0.2, -0.15) is 5.10 Å².